The number of carbonyl (C=O) groups excluding carboxylic acids is 2. The second-order valence-electron chi connectivity index (χ2n) is 25.3. The van der Waals surface area contributed by atoms with E-state index in [0.717, 1.165) is 64.7 Å². The number of aliphatic carboxylic acids is 1. The lowest BCUT2D eigenvalue weighted by molar-refractivity contribution is -0.386. The molecule has 3 saturated heterocycles. The van der Waals surface area contributed by atoms with Crippen LogP contribution in [0.1, 0.15) is 239 Å². The van der Waals surface area contributed by atoms with Crippen LogP contribution in [0.25, 0.3) is 0 Å². The number of ether oxygens (including phenoxy) is 6. The molecule has 524 valence electrons. The van der Waals surface area contributed by atoms with Crippen LogP contribution in [0.3, 0.4) is 0 Å². The highest BCUT2D eigenvalue weighted by Crippen LogP contribution is 2.39. The molecule has 16 N–H and O–H groups in total. The molecule has 20 atom stereocenters. The van der Waals surface area contributed by atoms with Crippen LogP contribution in [0.15, 0.2) is 0 Å². The number of aliphatic hydroxyl groups is 13. The standard InChI is InChI=1S/C64H120N2O23/c1-4-6-8-10-12-14-16-18-19-20-21-22-24-26-28-30-32-34-36-45(72)60(81)66-43(51(75)44(71)35-33-31-29-27-25-23-17-15-13-11-9-7-5-2)41-84-61-55(79)54(78)57(49(40-69)86-61)87-62-56(80)59(53(77)48(39-68)85-62)89-64(63(82)83)37-46(73)50(65-42(3)70)58(88-64)52(76)47(74)38-67/h43-59,61-62,67-69,71-80H,4-41H2,1-3H3,(H,65,70)(H,66,81)(H,82,83)/t43-,44+,45?,46-,47+,48+,49+,50+,51-,52+,53-,54+,55+,56+,57+,58+,59-,61+,62-,64-/m0/s1. The third kappa shape index (κ3) is 28.6. The van der Waals surface area contributed by atoms with Crippen LogP contribution in [0.2, 0.25) is 0 Å². The van der Waals surface area contributed by atoms with Gasteiger partial charge in [-0.05, 0) is 12.8 Å². The lowest BCUT2D eigenvalue weighted by Crippen LogP contribution is -2.70. The van der Waals surface area contributed by atoms with Crippen LogP contribution in [0.4, 0.5) is 0 Å². The monoisotopic (exact) mass is 1280 g/mol. The van der Waals surface area contributed by atoms with Crippen LogP contribution in [-0.2, 0) is 42.8 Å². The van der Waals surface area contributed by atoms with E-state index >= 15 is 0 Å². The Kier molecular flexibility index (Phi) is 41.7. The maximum absolute atomic E-state index is 13.6. The zero-order valence-corrected chi connectivity index (χ0v) is 53.8. The van der Waals surface area contributed by atoms with Gasteiger partial charge in [-0.2, -0.15) is 0 Å². The van der Waals surface area contributed by atoms with Crippen LogP contribution >= 0.6 is 0 Å². The normalized spacial score (nSPS) is 29.5. The highest BCUT2D eigenvalue weighted by molar-refractivity contribution is 5.80. The maximum atomic E-state index is 13.6. The van der Waals surface area contributed by atoms with E-state index in [9.17, 15) is 85.9 Å². The number of hydrogen-bond donors (Lipinski definition) is 16. The summed E-state index contributed by atoms with van der Waals surface area (Å²) in [5.74, 6) is -6.72. The molecule has 0 aromatic carbocycles. The van der Waals surface area contributed by atoms with E-state index < -0.39 is 173 Å². The van der Waals surface area contributed by atoms with Gasteiger partial charge in [-0.3, -0.25) is 9.59 Å². The van der Waals surface area contributed by atoms with Crippen molar-refractivity contribution in [1.29, 1.82) is 0 Å². The van der Waals surface area contributed by atoms with Gasteiger partial charge in [0.25, 0.3) is 5.79 Å². The minimum absolute atomic E-state index is 0.134. The number of aliphatic hydroxyl groups excluding tert-OH is 13. The number of carboxylic acid groups (broad SMARTS) is 1. The molecule has 89 heavy (non-hydrogen) atoms. The van der Waals surface area contributed by atoms with Crippen molar-refractivity contribution < 1.29 is 114 Å². The molecule has 3 aliphatic rings. The van der Waals surface area contributed by atoms with Crippen molar-refractivity contribution in [1.82, 2.24) is 10.6 Å². The molecule has 25 nitrogen and oxygen atoms in total. The first kappa shape index (κ1) is 80.9. The average molecular weight is 1290 g/mol. The van der Waals surface area contributed by atoms with Gasteiger partial charge in [-0.1, -0.05) is 213 Å². The summed E-state index contributed by atoms with van der Waals surface area (Å²) in [4.78, 5) is 38.6. The van der Waals surface area contributed by atoms with E-state index in [4.69, 9.17) is 28.4 Å². The maximum Gasteiger partial charge on any atom is 0.364 e. The molecule has 0 saturated carbocycles. The van der Waals surface area contributed by atoms with E-state index in [0.29, 0.717) is 12.8 Å². The van der Waals surface area contributed by atoms with Gasteiger partial charge in [-0.25, -0.2) is 4.79 Å². The zero-order chi connectivity index (χ0) is 65.7. The van der Waals surface area contributed by atoms with Crippen molar-refractivity contribution in [2.75, 3.05) is 26.4 Å². The summed E-state index contributed by atoms with van der Waals surface area (Å²) in [5.41, 5.74) is 0. The van der Waals surface area contributed by atoms with Gasteiger partial charge in [0.05, 0.1) is 50.7 Å². The van der Waals surface area contributed by atoms with Gasteiger partial charge in [0.1, 0.15) is 79.4 Å². The molecule has 0 radical (unpaired) electrons. The molecule has 25 heteroatoms. The summed E-state index contributed by atoms with van der Waals surface area (Å²) in [6.07, 6.45) is 2.49. The topological polar surface area (TPSA) is 414 Å². The van der Waals surface area contributed by atoms with Crippen LogP contribution in [-0.4, -0.2) is 238 Å². The average Bonchev–Trinajstić information content (AvgIpc) is 0.858. The number of amides is 2. The highest BCUT2D eigenvalue weighted by atomic mass is 16.8. The highest BCUT2D eigenvalue weighted by Gasteiger charge is 2.60. The van der Waals surface area contributed by atoms with Crippen molar-refractivity contribution in [2.24, 2.45) is 0 Å². The fourth-order valence-corrected chi connectivity index (χ4v) is 12.2. The molecule has 1 unspecified atom stereocenters. The summed E-state index contributed by atoms with van der Waals surface area (Å²) in [6, 6.07) is -2.99. The van der Waals surface area contributed by atoms with Gasteiger partial charge in [0.2, 0.25) is 11.8 Å². The largest absolute Gasteiger partial charge is 0.477 e. The molecule has 3 heterocycles. The van der Waals surface area contributed by atoms with Gasteiger partial charge >= 0.3 is 5.97 Å². The quantitative estimate of drug-likeness (QED) is 0.0389. The summed E-state index contributed by atoms with van der Waals surface area (Å²) in [7, 11) is 0. The smallest absolute Gasteiger partial charge is 0.364 e. The van der Waals surface area contributed by atoms with Gasteiger partial charge in [0.15, 0.2) is 12.6 Å². The molecule has 3 aliphatic heterocycles. The van der Waals surface area contributed by atoms with Crippen LogP contribution < -0.4 is 10.6 Å². The number of nitrogens with one attached hydrogen (secondary N) is 2. The van der Waals surface area contributed by atoms with E-state index in [2.05, 4.69) is 24.5 Å². The first-order valence-corrected chi connectivity index (χ1v) is 34.1. The first-order valence-electron chi connectivity index (χ1n) is 34.1. The second kappa shape index (κ2) is 45.9. The Morgan fingerprint density at radius 3 is 1.44 bits per heavy atom. The van der Waals surface area contributed by atoms with Gasteiger partial charge in [-0.15, -0.1) is 0 Å². The molecule has 3 fully saturated rings. The Hall–Kier alpha value is -2.35. The molecule has 0 bridgehead atoms. The first-order chi connectivity index (χ1) is 42.7. The van der Waals surface area contributed by atoms with Crippen LogP contribution in [0.5, 0.6) is 0 Å². The Morgan fingerprint density at radius 2 is 1.00 bits per heavy atom. The minimum atomic E-state index is -3.11. The van der Waals surface area contributed by atoms with Gasteiger partial charge in [0, 0.05) is 13.3 Å². The molecule has 0 spiro atoms. The Morgan fingerprint density at radius 1 is 0.551 bits per heavy atom. The van der Waals surface area contributed by atoms with E-state index in [1.54, 1.807) is 0 Å². The summed E-state index contributed by atoms with van der Waals surface area (Å²) in [6.45, 7) is 1.74. The molecule has 2 amide bonds. The van der Waals surface area contributed by atoms with E-state index in [1.807, 2.05) is 0 Å². The van der Waals surface area contributed by atoms with Gasteiger partial charge < -0.3 is 111 Å². The third-order valence-corrected chi connectivity index (χ3v) is 17.8. The fraction of sp³-hybridized carbons (Fsp3) is 0.953. The minimum Gasteiger partial charge on any atom is -0.477 e. The van der Waals surface area contributed by atoms with E-state index in [-0.39, 0.29) is 12.8 Å². The van der Waals surface area contributed by atoms with Crippen molar-refractivity contribution in [2.45, 2.75) is 361 Å². The van der Waals surface area contributed by atoms with Crippen molar-refractivity contribution in [3.8, 4) is 0 Å². The number of rotatable bonds is 51. The lowest BCUT2D eigenvalue weighted by atomic mass is 9.88. The predicted molar refractivity (Wildman–Crippen MR) is 327 cm³/mol. The predicted octanol–water partition coefficient (Wildman–Crippen LogP) is 3.28. The third-order valence-electron chi connectivity index (χ3n) is 17.8. The lowest BCUT2D eigenvalue weighted by Gasteiger charge is -2.50. The SMILES string of the molecule is CCCCCCCCCCCCCCCCCCCCC(O)C(=O)N[C@@H](CO[C@@H]1O[C@H](CO)[C@@H](O[C@@H]2O[C@H](CO)[C@H](O)[C@H](O[C@]3(C(=O)O)C[C@H](O)[C@@H](NC(C)=O)[C@H]([C@H](O)[C@H](O)CO)O3)[C@H]2O)[C@H](O)[C@H]1O)[C@H](O)[C@H](O)CCCCCCCCCCCCCCC. The van der Waals surface area contributed by atoms with Crippen LogP contribution in [0, 0.1) is 0 Å². The number of carbonyl (C=O) groups is 3. The fourth-order valence-electron chi connectivity index (χ4n) is 12.2. The Bertz CT molecular complexity index is 1850. The van der Waals surface area contributed by atoms with E-state index in [1.165, 1.54) is 128 Å². The molecular formula is C64H120N2O23. The summed E-state index contributed by atoms with van der Waals surface area (Å²) in [5, 5.41) is 158. The Labute approximate surface area is 528 Å². The Balaban J connectivity index is 1.65. The van der Waals surface area contributed by atoms with Crippen molar-refractivity contribution in [3.63, 3.8) is 0 Å². The zero-order valence-electron chi connectivity index (χ0n) is 53.8. The number of unbranched alkanes of at least 4 members (excludes halogenated alkanes) is 29. The number of hydrogen-bond acceptors (Lipinski definition) is 22. The number of carboxylic acids is 1. The summed E-state index contributed by atoms with van der Waals surface area (Å²) >= 11 is 0. The molecule has 0 aliphatic carbocycles. The van der Waals surface area contributed by atoms with Crippen molar-refractivity contribution >= 4 is 17.8 Å². The van der Waals surface area contributed by atoms with Crippen molar-refractivity contribution in [3.05, 3.63) is 0 Å². The molecule has 0 aromatic rings. The molecule has 3 rings (SSSR count). The molecule has 0 aromatic heterocycles. The summed E-state index contributed by atoms with van der Waals surface area (Å²) < 4.78 is 34.6. The molecular weight excluding hydrogens is 1160 g/mol. The second-order valence-corrected chi connectivity index (χ2v) is 25.3.